The number of benzene rings is 2. The van der Waals surface area contributed by atoms with E-state index in [1.54, 1.807) is 6.07 Å². The fourth-order valence-corrected chi connectivity index (χ4v) is 4.22. The van der Waals surface area contributed by atoms with Crippen LogP contribution >= 0.6 is 0 Å². The van der Waals surface area contributed by atoms with Gasteiger partial charge in [0, 0.05) is 5.69 Å². The zero-order chi connectivity index (χ0) is 16.0. The van der Waals surface area contributed by atoms with Gasteiger partial charge in [0.2, 0.25) is 0 Å². The third-order valence-corrected chi connectivity index (χ3v) is 5.25. The summed E-state index contributed by atoms with van der Waals surface area (Å²) in [6, 6.07) is 14.5. The van der Waals surface area contributed by atoms with Crippen molar-refractivity contribution in [2.24, 2.45) is 5.92 Å². The number of alkyl halides is 3. The zero-order valence-electron chi connectivity index (χ0n) is 12.6. The fraction of sp³-hybridized carbons (Fsp3) is 0.368. The second kappa shape index (κ2) is 5.29. The highest BCUT2D eigenvalue weighted by Gasteiger charge is 2.41. The molecule has 4 heteroatoms. The Morgan fingerprint density at radius 3 is 2.48 bits per heavy atom. The summed E-state index contributed by atoms with van der Waals surface area (Å²) in [5, 5.41) is 3.50. The summed E-state index contributed by atoms with van der Waals surface area (Å²) in [4.78, 5) is 0. The van der Waals surface area contributed by atoms with Gasteiger partial charge in [-0.2, -0.15) is 13.2 Å². The van der Waals surface area contributed by atoms with E-state index in [0.717, 1.165) is 30.5 Å². The molecule has 2 aliphatic rings. The lowest BCUT2D eigenvalue weighted by Crippen LogP contribution is -2.29. The SMILES string of the molecule is FC(F)(F)c1ccc2c(c1)[C@@H]1CCC[C@@H]1[C@@H](c1ccccc1)N2. The van der Waals surface area contributed by atoms with Crippen LogP contribution in [0.4, 0.5) is 18.9 Å². The molecule has 0 aromatic heterocycles. The number of anilines is 1. The summed E-state index contributed by atoms with van der Waals surface area (Å²) in [5.41, 5.74) is 2.38. The molecule has 23 heavy (non-hydrogen) atoms. The van der Waals surface area contributed by atoms with Crippen LogP contribution in [0.5, 0.6) is 0 Å². The summed E-state index contributed by atoms with van der Waals surface area (Å²) in [5.74, 6) is 0.590. The van der Waals surface area contributed by atoms with Crippen LogP contribution < -0.4 is 5.32 Å². The Labute approximate surface area is 133 Å². The number of hydrogen-bond acceptors (Lipinski definition) is 1. The minimum atomic E-state index is -4.28. The van der Waals surface area contributed by atoms with Crippen molar-refractivity contribution in [2.75, 3.05) is 5.32 Å². The summed E-state index contributed by atoms with van der Waals surface area (Å²) in [6.45, 7) is 0. The van der Waals surface area contributed by atoms with Crippen LogP contribution in [0, 0.1) is 5.92 Å². The first kappa shape index (κ1) is 14.6. The lowest BCUT2D eigenvalue weighted by Gasteiger charge is -2.38. The topological polar surface area (TPSA) is 12.0 Å². The third-order valence-electron chi connectivity index (χ3n) is 5.25. The minimum Gasteiger partial charge on any atom is -0.378 e. The standard InChI is InChI=1S/C19H18F3N/c20-19(21,22)13-9-10-17-16(11-13)14-7-4-8-15(14)18(23-17)12-5-2-1-3-6-12/h1-3,5-6,9-11,14-15,18,23H,4,7-8H2/t14-,15+,18-/m1/s1. The summed E-state index contributed by atoms with van der Waals surface area (Å²) in [6.07, 6.45) is -1.16. The quantitative estimate of drug-likeness (QED) is 0.705. The first-order valence-electron chi connectivity index (χ1n) is 8.06. The molecule has 1 heterocycles. The largest absolute Gasteiger partial charge is 0.416 e. The second-order valence-corrected chi connectivity index (χ2v) is 6.53. The van der Waals surface area contributed by atoms with Crippen molar-refractivity contribution in [3.63, 3.8) is 0 Å². The Balaban J connectivity index is 1.77. The van der Waals surface area contributed by atoms with Gasteiger partial charge in [-0.15, -0.1) is 0 Å². The molecule has 0 spiro atoms. The van der Waals surface area contributed by atoms with Gasteiger partial charge in [0.05, 0.1) is 11.6 Å². The predicted octanol–water partition coefficient (Wildman–Crippen LogP) is 5.76. The van der Waals surface area contributed by atoms with Crippen LogP contribution in [0.2, 0.25) is 0 Å². The molecular weight excluding hydrogens is 299 g/mol. The van der Waals surface area contributed by atoms with Gasteiger partial charge in [-0.05, 0) is 54.0 Å². The van der Waals surface area contributed by atoms with Gasteiger partial charge in [0.25, 0.3) is 0 Å². The summed E-state index contributed by atoms with van der Waals surface area (Å²) >= 11 is 0. The maximum absolute atomic E-state index is 13.0. The number of halogens is 3. The van der Waals surface area contributed by atoms with Crippen LogP contribution in [-0.2, 0) is 6.18 Å². The molecule has 1 fully saturated rings. The average molecular weight is 317 g/mol. The molecule has 1 saturated carbocycles. The Hall–Kier alpha value is -1.97. The zero-order valence-corrected chi connectivity index (χ0v) is 12.6. The first-order chi connectivity index (χ1) is 11.0. The number of fused-ring (bicyclic) bond motifs is 3. The Kier molecular flexibility index (Phi) is 3.36. The van der Waals surface area contributed by atoms with E-state index in [-0.39, 0.29) is 12.0 Å². The molecular formula is C19H18F3N. The van der Waals surface area contributed by atoms with Crippen molar-refractivity contribution < 1.29 is 13.2 Å². The van der Waals surface area contributed by atoms with Crippen molar-refractivity contribution in [1.82, 2.24) is 0 Å². The van der Waals surface area contributed by atoms with Gasteiger partial charge in [0.1, 0.15) is 0 Å². The third kappa shape index (κ3) is 2.50. The normalized spacial score (nSPS) is 26.3. The highest BCUT2D eigenvalue weighted by Crippen LogP contribution is 2.53. The van der Waals surface area contributed by atoms with Crippen molar-refractivity contribution in [3.05, 3.63) is 65.2 Å². The van der Waals surface area contributed by atoms with Crippen LogP contribution in [0.25, 0.3) is 0 Å². The van der Waals surface area contributed by atoms with E-state index in [9.17, 15) is 13.2 Å². The van der Waals surface area contributed by atoms with Gasteiger partial charge in [-0.3, -0.25) is 0 Å². The van der Waals surface area contributed by atoms with E-state index in [2.05, 4.69) is 17.4 Å². The molecule has 1 aliphatic carbocycles. The van der Waals surface area contributed by atoms with E-state index < -0.39 is 11.7 Å². The molecule has 2 aromatic rings. The monoisotopic (exact) mass is 317 g/mol. The van der Waals surface area contributed by atoms with Crippen LogP contribution in [0.1, 0.15) is 47.9 Å². The lowest BCUT2D eigenvalue weighted by molar-refractivity contribution is -0.137. The number of hydrogen-bond donors (Lipinski definition) is 1. The number of rotatable bonds is 1. The molecule has 3 atom stereocenters. The highest BCUT2D eigenvalue weighted by atomic mass is 19.4. The molecule has 2 aromatic carbocycles. The van der Waals surface area contributed by atoms with Gasteiger partial charge in [-0.25, -0.2) is 0 Å². The predicted molar refractivity (Wildman–Crippen MR) is 84.3 cm³/mol. The fourth-order valence-electron chi connectivity index (χ4n) is 4.22. The molecule has 0 unspecified atom stereocenters. The maximum Gasteiger partial charge on any atom is 0.416 e. The van der Waals surface area contributed by atoms with Gasteiger partial charge >= 0.3 is 6.18 Å². The molecule has 1 aliphatic heterocycles. The van der Waals surface area contributed by atoms with Crippen LogP contribution in [0.3, 0.4) is 0 Å². The summed E-state index contributed by atoms with van der Waals surface area (Å²) < 4.78 is 39.1. The molecule has 120 valence electrons. The van der Waals surface area contributed by atoms with E-state index in [1.807, 2.05) is 18.2 Å². The van der Waals surface area contributed by atoms with Gasteiger partial charge in [0.15, 0.2) is 0 Å². The number of nitrogens with one attached hydrogen (secondary N) is 1. The molecule has 0 bridgehead atoms. The molecule has 0 radical (unpaired) electrons. The molecule has 4 rings (SSSR count). The van der Waals surface area contributed by atoms with Crippen LogP contribution in [0.15, 0.2) is 48.5 Å². The average Bonchev–Trinajstić information content (AvgIpc) is 3.03. The molecule has 1 N–H and O–H groups in total. The summed E-state index contributed by atoms with van der Waals surface area (Å²) in [7, 11) is 0. The molecule has 0 saturated heterocycles. The smallest absolute Gasteiger partial charge is 0.378 e. The van der Waals surface area contributed by atoms with E-state index in [0.29, 0.717) is 5.92 Å². The van der Waals surface area contributed by atoms with E-state index in [1.165, 1.54) is 17.7 Å². The van der Waals surface area contributed by atoms with E-state index >= 15 is 0 Å². The van der Waals surface area contributed by atoms with E-state index in [4.69, 9.17) is 0 Å². The van der Waals surface area contributed by atoms with Gasteiger partial charge in [-0.1, -0.05) is 36.8 Å². The molecule has 0 amide bonds. The van der Waals surface area contributed by atoms with Crippen molar-refractivity contribution in [3.8, 4) is 0 Å². The Morgan fingerprint density at radius 2 is 1.74 bits per heavy atom. The van der Waals surface area contributed by atoms with Crippen molar-refractivity contribution in [1.29, 1.82) is 0 Å². The van der Waals surface area contributed by atoms with Gasteiger partial charge < -0.3 is 5.32 Å². The minimum absolute atomic E-state index is 0.188. The van der Waals surface area contributed by atoms with Crippen molar-refractivity contribution >= 4 is 5.69 Å². The van der Waals surface area contributed by atoms with Crippen LogP contribution in [-0.4, -0.2) is 0 Å². The van der Waals surface area contributed by atoms with Crippen molar-refractivity contribution in [2.45, 2.75) is 37.4 Å². The second-order valence-electron chi connectivity index (χ2n) is 6.53. The Morgan fingerprint density at radius 1 is 0.957 bits per heavy atom. The molecule has 1 nitrogen and oxygen atoms in total. The highest BCUT2D eigenvalue weighted by molar-refractivity contribution is 5.59. The maximum atomic E-state index is 13.0. The Bertz CT molecular complexity index is 708. The first-order valence-corrected chi connectivity index (χ1v) is 8.06. The lowest BCUT2D eigenvalue weighted by atomic mass is 9.77.